The molecule has 9 nitrogen and oxygen atoms in total. The average Bonchev–Trinajstić information content (AvgIpc) is 2.94. The average molecular weight is 569 g/mol. The molecule has 2 fully saturated rings. The zero-order valence-corrected chi connectivity index (χ0v) is 23.7. The van der Waals surface area contributed by atoms with Crippen molar-refractivity contribution in [3.63, 3.8) is 0 Å². The number of piperidine rings is 1. The maximum Gasteiger partial charge on any atom is 0.223 e. The zero-order chi connectivity index (χ0) is 28.6. The second-order valence-electron chi connectivity index (χ2n) is 11.0. The van der Waals surface area contributed by atoms with Crippen LogP contribution in [0.15, 0.2) is 23.1 Å². The second kappa shape index (κ2) is 11.8. The molecule has 0 radical (unpaired) electrons. The van der Waals surface area contributed by atoms with E-state index in [1.807, 2.05) is 13.8 Å². The highest BCUT2D eigenvalue weighted by Gasteiger charge is 2.27. The first kappa shape index (κ1) is 28.4. The van der Waals surface area contributed by atoms with Crippen LogP contribution in [0.2, 0.25) is 5.02 Å². The van der Waals surface area contributed by atoms with E-state index in [0.717, 1.165) is 25.1 Å². The molecule has 3 atom stereocenters. The van der Waals surface area contributed by atoms with Crippen LogP contribution in [0.25, 0.3) is 22.2 Å². The molecule has 0 amide bonds. The highest BCUT2D eigenvalue weighted by molar-refractivity contribution is 6.33. The molecular formula is C29H34ClFN6O3. The predicted octanol–water partition coefficient (Wildman–Crippen LogP) is 4.44. The summed E-state index contributed by atoms with van der Waals surface area (Å²) in [6.45, 7) is 8.59. The third kappa shape index (κ3) is 5.56. The monoisotopic (exact) mass is 568 g/mol. The lowest BCUT2D eigenvalue weighted by atomic mass is 9.98. The Balaban J connectivity index is 1.60. The highest BCUT2D eigenvalue weighted by Crippen LogP contribution is 2.33. The Morgan fingerprint density at radius 1 is 1.35 bits per heavy atom. The highest BCUT2D eigenvalue weighted by atomic mass is 35.5. The van der Waals surface area contributed by atoms with Crippen molar-refractivity contribution in [3.05, 3.63) is 50.7 Å². The Hall–Kier alpha value is -3.10. The minimum atomic E-state index is -0.723. The Morgan fingerprint density at radius 2 is 2.15 bits per heavy atom. The third-order valence-electron chi connectivity index (χ3n) is 7.87. The molecular weight excluding hydrogens is 535 g/mol. The van der Waals surface area contributed by atoms with Crippen molar-refractivity contribution in [2.45, 2.75) is 64.8 Å². The zero-order valence-electron chi connectivity index (χ0n) is 23.0. The van der Waals surface area contributed by atoms with Gasteiger partial charge >= 0.3 is 0 Å². The van der Waals surface area contributed by atoms with Gasteiger partial charge in [0.1, 0.15) is 5.82 Å². The van der Waals surface area contributed by atoms with Gasteiger partial charge in [-0.3, -0.25) is 9.69 Å². The van der Waals surface area contributed by atoms with Gasteiger partial charge in [0.2, 0.25) is 5.95 Å². The Labute approximate surface area is 237 Å². The summed E-state index contributed by atoms with van der Waals surface area (Å²) >= 11 is 6.48. The fourth-order valence-corrected chi connectivity index (χ4v) is 5.96. The Bertz CT molecular complexity index is 1520. The van der Waals surface area contributed by atoms with Crippen molar-refractivity contribution in [1.82, 2.24) is 19.4 Å². The second-order valence-corrected chi connectivity index (χ2v) is 11.4. The SMILES string of the molecule is Cc1c(CN2CCC[C@H](C#N)C2)n(C(C)C)c2cc(-c3nc(N[C@@H]4CCOC[C@H]4O)ncc3Cl)c(F)cc2c1=O. The molecule has 2 aliphatic rings. The van der Waals surface area contributed by atoms with Crippen LogP contribution in [-0.2, 0) is 11.3 Å². The van der Waals surface area contributed by atoms with Crippen LogP contribution in [0.5, 0.6) is 0 Å². The predicted molar refractivity (Wildman–Crippen MR) is 152 cm³/mol. The van der Waals surface area contributed by atoms with Crippen molar-refractivity contribution in [1.29, 1.82) is 5.26 Å². The van der Waals surface area contributed by atoms with Crippen LogP contribution in [-0.4, -0.2) is 63.0 Å². The number of benzene rings is 1. The van der Waals surface area contributed by atoms with Crippen molar-refractivity contribution in [2.24, 2.45) is 5.92 Å². The fourth-order valence-electron chi connectivity index (χ4n) is 5.77. The molecule has 0 spiro atoms. The number of hydrogen-bond acceptors (Lipinski definition) is 8. The van der Waals surface area contributed by atoms with E-state index < -0.39 is 11.9 Å². The van der Waals surface area contributed by atoms with Gasteiger partial charge in [-0.05, 0) is 58.7 Å². The first-order valence-electron chi connectivity index (χ1n) is 13.7. The molecule has 2 saturated heterocycles. The summed E-state index contributed by atoms with van der Waals surface area (Å²) in [5, 5.41) is 23.3. The molecule has 212 valence electrons. The molecule has 11 heteroatoms. The molecule has 2 aliphatic heterocycles. The van der Waals surface area contributed by atoms with Gasteiger partial charge in [0.05, 0.1) is 53.2 Å². The van der Waals surface area contributed by atoms with Gasteiger partial charge < -0.3 is 19.7 Å². The number of pyridine rings is 1. The molecule has 0 unspecified atom stereocenters. The van der Waals surface area contributed by atoms with Gasteiger partial charge in [-0.2, -0.15) is 5.26 Å². The summed E-state index contributed by atoms with van der Waals surface area (Å²) in [4.78, 5) is 24.5. The minimum Gasteiger partial charge on any atom is -0.389 e. The molecule has 4 heterocycles. The summed E-state index contributed by atoms with van der Waals surface area (Å²) in [5.41, 5.74) is 2.16. The summed E-state index contributed by atoms with van der Waals surface area (Å²) in [6.07, 6.45) is 3.06. The number of fused-ring (bicyclic) bond motifs is 1. The van der Waals surface area contributed by atoms with Crippen LogP contribution in [0.4, 0.5) is 10.3 Å². The van der Waals surface area contributed by atoms with E-state index in [-0.39, 0.29) is 52.3 Å². The van der Waals surface area contributed by atoms with Gasteiger partial charge in [-0.25, -0.2) is 14.4 Å². The Morgan fingerprint density at radius 3 is 2.88 bits per heavy atom. The van der Waals surface area contributed by atoms with Crippen LogP contribution in [0, 0.1) is 30.0 Å². The van der Waals surface area contributed by atoms with Crippen LogP contribution in [0.3, 0.4) is 0 Å². The van der Waals surface area contributed by atoms with E-state index >= 15 is 4.39 Å². The minimum absolute atomic E-state index is 0.0280. The van der Waals surface area contributed by atoms with E-state index in [1.165, 1.54) is 12.3 Å². The Kier molecular flexibility index (Phi) is 8.38. The smallest absolute Gasteiger partial charge is 0.223 e. The quantitative estimate of drug-likeness (QED) is 0.448. The molecule has 2 aromatic heterocycles. The van der Waals surface area contributed by atoms with E-state index in [2.05, 4.69) is 30.8 Å². The van der Waals surface area contributed by atoms with Crippen LogP contribution in [0.1, 0.15) is 50.4 Å². The van der Waals surface area contributed by atoms with Gasteiger partial charge in [-0.1, -0.05) is 11.6 Å². The number of ether oxygens (including phenoxy) is 1. The topological polar surface area (TPSA) is 116 Å². The van der Waals surface area contributed by atoms with Crippen molar-refractivity contribution in [3.8, 4) is 17.3 Å². The summed E-state index contributed by atoms with van der Waals surface area (Å²) in [5.74, 6) is -0.426. The molecule has 40 heavy (non-hydrogen) atoms. The molecule has 2 N–H and O–H groups in total. The largest absolute Gasteiger partial charge is 0.389 e. The van der Waals surface area contributed by atoms with Crippen molar-refractivity contribution >= 4 is 28.5 Å². The number of nitrogens with one attached hydrogen (secondary N) is 1. The van der Waals surface area contributed by atoms with E-state index in [4.69, 9.17) is 16.3 Å². The number of aliphatic hydroxyl groups excluding tert-OH is 1. The van der Waals surface area contributed by atoms with E-state index in [1.54, 1.807) is 13.0 Å². The molecule has 0 aliphatic carbocycles. The van der Waals surface area contributed by atoms with E-state index in [9.17, 15) is 15.2 Å². The number of hydrogen-bond donors (Lipinski definition) is 2. The van der Waals surface area contributed by atoms with Crippen molar-refractivity contribution < 1.29 is 14.2 Å². The number of halogens is 2. The van der Waals surface area contributed by atoms with Gasteiger partial charge in [0.15, 0.2) is 5.43 Å². The number of nitriles is 1. The van der Waals surface area contributed by atoms with Gasteiger partial charge in [0, 0.05) is 47.9 Å². The number of aromatic nitrogens is 3. The summed E-state index contributed by atoms with van der Waals surface area (Å²) < 4.78 is 23.0. The van der Waals surface area contributed by atoms with Crippen LogP contribution < -0.4 is 10.7 Å². The van der Waals surface area contributed by atoms with E-state index in [0.29, 0.717) is 42.6 Å². The van der Waals surface area contributed by atoms with Gasteiger partial charge in [0.25, 0.3) is 0 Å². The summed E-state index contributed by atoms with van der Waals surface area (Å²) in [7, 11) is 0. The molecule has 0 bridgehead atoms. The summed E-state index contributed by atoms with van der Waals surface area (Å²) in [6, 6.07) is 4.95. The maximum atomic E-state index is 15.7. The molecule has 3 aromatic rings. The number of aliphatic hydroxyl groups is 1. The molecule has 5 rings (SSSR count). The molecule has 1 aromatic carbocycles. The van der Waals surface area contributed by atoms with Crippen molar-refractivity contribution in [2.75, 3.05) is 31.6 Å². The normalized spacial score (nSPS) is 22.0. The lowest BCUT2D eigenvalue weighted by molar-refractivity contribution is -0.0136. The van der Waals surface area contributed by atoms with Crippen LogP contribution >= 0.6 is 11.6 Å². The fraction of sp³-hybridized carbons (Fsp3) is 0.517. The van der Waals surface area contributed by atoms with Gasteiger partial charge in [-0.15, -0.1) is 0 Å². The standard InChI is InChI=1S/C29H34ClFN6O3/c1-16(2)37-24-10-19(27-21(30)12-33-29(35-27)34-23-6-8-40-15-26(23)38)22(31)9-20(24)28(39)17(3)25(37)14-36-7-4-5-18(11-32)13-36/h9-10,12,16,18,23,26,38H,4-8,13-15H2,1-3H3,(H,33,34,35)/t18-,23-,26-/m1/s1. The number of likely N-dealkylation sites (tertiary alicyclic amines) is 1. The lowest BCUT2D eigenvalue weighted by Crippen LogP contribution is -2.42. The molecule has 0 saturated carbocycles. The first-order chi connectivity index (χ1) is 19.2. The number of anilines is 1. The lowest BCUT2D eigenvalue weighted by Gasteiger charge is -2.32. The first-order valence-corrected chi connectivity index (χ1v) is 14.1. The number of nitrogens with zero attached hydrogens (tertiary/aromatic N) is 5. The maximum absolute atomic E-state index is 15.7. The number of rotatable bonds is 6. The third-order valence-corrected chi connectivity index (χ3v) is 8.15.